The van der Waals surface area contributed by atoms with Crippen molar-refractivity contribution in [1.82, 2.24) is 5.32 Å². The number of carboxylic acids is 1. The van der Waals surface area contributed by atoms with Crippen LogP contribution in [0.1, 0.15) is 52.4 Å². The summed E-state index contributed by atoms with van der Waals surface area (Å²) in [6, 6.07) is 0.0922. The van der Waals surface area contributed by atoms with Crippen LogP contribution in [-0.2, 0) is 9.59 Å². The standard InChI is InChI=1S/C15H23NO3/c1-9(16-10(2)17)14-4-11-3-12(5-14)7-15(6-11,8-14)13(18)19/h9,11-12H,3-8H2,1-2H3,(H,16,17)(H,18,19)/t9-,11+,12+,14?,15?/m0/s1. The van der Waals surface area contributed by atoms with Gasteiger partial charge in [-0.15, -0.1) is 0 Å². The number of hydrogen-bond acceptors (Lipinski definition) is 2. The number of amides is 1. The Hall–Kier alpha value is -1.06. The molecule has 0 aliphatic heterocycles. The molecule has 106 valence electrons. The molecule has 0 heterocycles. The van der Waals surface area contributed by atoms with Crippen molar-refractivity contribution in [2.45, 2.75) is 58.4 Å². The zero-order valence-corrected chi connectivity index (χ0v) is 11.7. The highest BCUT2D eigenvalue weighted by Gasteiger charge is 2.62. The van der Waals surface area contributed by atoms with E-state index in [-0.39, 0.29) is 17.4 Å². The lowest BCUT2D eigenvalue weighted by Gasteiger charge is -2.62. The van der Waals surface area contributed by atoms with Gasteiger partial charge in [0.2, 0.25) is 5.91 Å². The lowest BCUT2D eigenvalue weighted by atomic mass is 9.43. The molecule has 0 unspecified atom stereocenters. The summed E-state index contributed by atoms with van der Waals surface area (Å²) >= 11 is 0. The van der Waals surface area contributed by atoms with Crippen molar-refractivity contribution in [2.75, 3.05) is 0 Å². The topological polar surface area (TPSA) is 66.4 Å². The van der Waals surface area contributed by atoms with E-state index in [4.69, 9.17) is 0 Å². The predicted molar refractivity (Wildman–Crippen MR) is 70.5 cm³/mol. The molecule has 0 aromatic heterocycles. The third-order valence-electron chi connectivity index (χ3n) is 5.90. The summed E-state index contributed by atoms with van der Waals surface area (Å²) in [4.78, 5) is 23.1. The second-order valence-electron chi connectivity index (χ2n) is 7.33. The van der Waals surface area contributed by atoms with Crippen molar-refractivity contribution in [1.29, 1.82) is 0 Å². The van der Waals surface area contributed by atoms with Crippen molar-refractivity contribution in [3.8, 4) is 0 Å². The minimum atomic E-state index is -0.610. The molecule has 4 heteroatoms. The van der Waals surface area contributed by atoms with Gasteiger partial charge in [-0.05, 0) is 62.7 Å². The van der Waals surface area contributed by atoms with Crippen LogP contribution in [0.15, 0.2) is 0 Å². The molecule has 4 bridgehead atoms. The van der Waals surface area contributed by atoms with Crippen molar-refractivity contribution >= 4 is 11.9 Å². The van der Waals surface area contributed by atoms with Crippen LogP contribution in [0.2, 0.25) is 0 Å². The van der Waals surface area contributed by atoms with Crippen LogP contribution in [0.3, 0.4) is 0 Å². The summed E-state index contributed by atoms with van der Waals surface area (Å²) in [6.45, 7) is 3.61. The van der Waals surface area contributed by atoms with Crippen LogP contribution in [0, 0.1) is 22.7 Å². The number of aliphatic carboxylic acids is 1. The molecule has 19 heavy (non-hydrogen) atoms. The van der Waals surface area contributed by atoms with Crippen LogP contribution in [-0.4, -0.2) is 23.0 Å². The predicted octanol–water partition coefficient (Wildman–Crippen LogP) is 2.18. The van der Waals surface area contributed by atoms with Crippen molar-refractivity contribution in [3.05, 3.63) is 0 Å². The molecule has 2 N–H and O–H groups in total. The number of hydrogen-bond donors (Lipinski definition) is 2. The highest BCUT2D eigenvalue weighted by Crippen LogP contribution is 2.66. The Bertz CT molecular complexity index is 417. The number of rotatable bonds is 3. The number of nitrogens with one attached hydrogen (secondary N) is 1. The number of carboxylic acid groups (broad SMARTS) is 1. The first kappa shape index (κ1) is 12.9. The Balaban J connectivity index is 1.91. The minimum absolute atomic E-state index is 0.00683. The largest absolute Gasteiger partial charge is 0.481 e. The lowest BCUT2D eigenvalue weighted by molar-refractivity contribution is -0.177. The van der Waals surface area contributed by atoms with Gasteiger partial charge in [-0.25, -0.2) is 0 Å². The van der Waals surface area contributed by atoms with Gasteiger partial charge < -0.3 is 10.4 Å². The van der Waals surface area contributed by atoms with Gasteiger partial charge in [-0.2, -0.15) is 0 Å². The molecular formula is C15H23NO3. The summed E-state index contributed by atoms with van der Waals surface area (Å²) in [7, 11) is 0. The summed E-state index contributed by atoms with van der Waals surface area (Å²) in [5, 5.41) is 12.7. The molecule has 4 aliphatic rings. The molecule has 0 aromatic rings. The molecule has 0 saturated heterocycles. The molecule has 4 saturated carbocycles. The van der Waals surface area contributed by atoms with E-state index in [0.29, 0.717) is 11.8 Å². The molecule has 3 atom stereocenters. The van der Waals surface area contributed by atoms with Gasteiger partial charge >= 0.3 is 5.97 Å². The SMILES string of the molecule is CC(=O)N[C@@H](C)C12C[C@H]3C[C@@H](CC(C(=O)O)(C3)C1)C2. The van der Waals surface area contributed by atoms with E-state index in [1.165, 1.54) is 6.42 Å². The Morgan fingerprint density at radius 1 is 1.21 bits per heavy atom. The third-order valence-corrected chi connectivity index (χ3v) is 5.90. The summed E-state index contributed by atoms with van der Waals surface area (Å²) < 4.78 is 0. The van der Waals surface area contributed by atoms with E-state index in [1.807, 2.05) is 0 Å². The van der Waals surface area contributed by atoms with Crippen LogP contribution in [0.5, 0.6) is 0 Å². The molecule has 0 spiro atoms. The molecule has 1 amide bonds. The van der Waals surface area contributed by atoms with E-state index in [1.54, 1.807) is 6.92 Å². The Kier molecular flexibility index (Phi) is 2.70. The van der Waals surface area contributed by atoms with Gasteiger partial charge in [-0.1, -0.05) is 0 Å². The van der Waals surface area contributed by atoms with Crippen LogP contribution in [0.4, 0.5) is 0 Å². The maximum absolute atomic E-state index is 11.8. The zero-order valence-electron chi connectivity index (χ0n) is 11.7. The third kappa shape index (κ3) is 1.87. The number of carbonyl (C=O) groups excluding carboxylic acids is 1. The molecular weight excluding hydrogens is 242 g/mol. The molecule has 4 fully saturated rings. The first-order valence-electron chi connectivity index (χ1n) is 7.36. The molecule has 4 aliphatic carbocycles. The Morgan fingerprint density at radius 3 is 2.26 bits per heavy atom. The second kappa shape index (κ2) is 3.97. The van der Waals surface area contributed by atoms with Gasteiger partial charge in [-0.3, -0.25) is 9.59 Å². The molecule has 0 aromatic carbocycles. The average molecular weight is 265 g/mol. The van der Waals surface area contributed by atoms with Gasteiger partial charge in [0, 0.05) is 13.0 Å². The smallest absolute Gasteiger partial charge is 0.309 e. The maximum atomic E-state index is 11.8. The van der Waals surface area contributed by atoms with Gasteiger partial charge in [0.05, 0.1) is 5.41 Å². The van der Waals surface area contributed by atoms with E-state index in [0.717, 1.165) is 32.1 Å². The highest BCUT2D eigenvalue weighted by atomic mass is 16.4. The highest BCUT2D eigenvalue weighted by molar-refractivity contribution is 5.76. The van der Waals surface area contributed by atoms with Gasteiger partial charge in [0.1, 0.15) is 0 Å². The van der Waals surface area contributed by atoms with Crippen molar-refractivity contribution < 1.29 is 14.7 Å². The maximum Gasteiger partial charge on any atom is 0.309 e. The van der Waals surface area contributed by atoms with Crippen LogP contribution in [0.25, 0.3) is 0 Å². The van der Waals surface area contributed by atoms with Gasteiger partial charge in [0.15, 0.2) is 0 Å². The van der Waals surface area contributed by atoms with Crippen molar-refractivity contribution in [3.63, 3.8) is 0 Å². The van der Waals surface area contributed by atoms with Gasteiger partial charge in [0.25, 0.3) is 0 Å². The van der Waals surface area contributed by atoms with Crippen LogP contribution >= 0.6 is 0 Å². The van der Waals surface area contributed by atoms with E-state index in [9.17, 15) is 14.7 Å². The first-order chi connectivity index (χ1) is 8.85. The van der Waals surface area contributed by atoms with Crippen LogP contribution < -0.4 is 5.32 Å². The summed E-state index contributed by atoms with van der Waals surface area (Å²) in [5.41, 5.74) is -0.481. The summed E-state index contributed by atoms with van der Waals surface area (Å²) in [5.74, 6) is 0.482. The fourth-order valence-electron chi connectivity index (χ4n) is 5.55. The van der Waals surface area contributed by atoms with Crippen molar-refractivity contribution in [2.24, 2.45) is 22.7 Å². The Labute approximate surface area is 113 Å². The van der Waals surface area contributed by atoms with E-state index >= 15 is 0 Å². The Morgan fingerprint density at radius 2 is 1.79 bits per heavy atom. The zero-order chi connectivity index (χ0) is 13.8. The van der Waals surface area contributed by atoms with E-state index < -0.39 is 11.4 Å². The molecule has 4 nitrogen and oxygen atoms in total. The quantitative estimate of drug-likeness (QED) is 0.822. The second-order valence-corrected chi connectivity index (χ2v) is 7.33. The fraction of sp³-hybridized carbons (Fsp3) is 0.867. The monoisotopic (exact) mass is 265 g/mol. The lowest BCUT2D eigenvalue weighted by Crippen LogP contribution is -2.60. The fourth-order valence-corrected chi connectivity index (χ4v) is 5.55. The molecule has 0 radical (unpaired) electrons. The first-order valence-corrected chi connectivity index (χ1v) is 7.36. The molecule has 4 rings (SSSR count). The number of carbonyl (C=O) groups is 2. The minimum Gasteiger partial charge on any atom is -0.481 e. The average Bonchev–Trinajstić information content (AvgIpc) is 2.25. The van der Waals surface area contributed by atoms with E-state index in [2.05, 4.69) is 12.2 Å². The summed E-state index contributed by atoms with van der Waals surface area (Å²) in [6.07, 6.45) is 5.86. The normalized spacial score (nSPS) is 44.9.